The predicted molar refractivity (Wildman–Crippen MR) is 52.5 cm³/mol. The average molecular weight is 196 g/mol. The standard InChI is InChI=1S/C5H8S4/c1-4(6-1)8-3-9-5-2-7-5/h4-5H,1-3H2. The topological polar surface area (TPSA) is 0 Å². The lowest BCUT2D eigenvalue weighted by Crippen LogP contribution is -1.78. The van der Waals surface area contributed by atoms with Crippen molar-refractivity contribution < 1.29 is 0 Å². The van der Waals surface area contributed by atoms with E-state index in [9.17, 15) is 0 Å². The first-order valence-electron chi connectivity index (χ1n) is 2.91. The van der Waals surface area contributed by atoms with E-state index in [4.69, 9.17) is 0 Å². The first-order chi connectivity index (χ1) is 4.45. The maximum Gasteiger partial charge on any atom is 0.0602 e. The van der Waals surface area contributed by atoms with Crippen LogP contribution < -0.4 is 0 Å². The van der Waals surface area contributed by atoms with Crippen molar-refractivity contribution in [1.29, 1.82) is 0 Å². The molecule has 9 heavy (non-hydrogen) atoms. The van der Waals surface area contributed by atoms with Gasteiger partial charge in [-0.15, -0.1) is 47.0 Å². The van der Waals surface area contributed by atoms with E-state index in [0.29, 0.717) is 0 Å². The van der Waals surface area contributed by atoms with E-state index in [1.807, 2.05) is 0 Å². The Hall–Kier alpha value is 1.40. The summed E-state index contributed by atoms with van der Waals surface area (Å²) in [5.74, 6) is 2.81. The third-order valence-corrected chi connectivity index (χ3v) is 6.61. The summed E-state index contributed by atoms with van der Waals surface area (Å²) in [6, 6.07) is 0. The van der Waals surface area contributed by atoms with Gasteiger partial charge in [-0.05, 0) is 0 Å². The zero-order valence-electron chi connectivity index (χ0n) is 4.91. The summed E-state index contributed by atoms with van der Waals surface area (Å²) < 4.78 is 1.95. The first-order valence-corrected chi connectivity index (χ1v) is 7.11. The molecule has 2 atom stereocenters. The Morgan fingerprint density at radius 1 is 1.11 bits per heavy atom. The highest BCUT2D eigenvalue weighted by atomic mass is 32.3. The number of hydrogen-bond acceptors (Lipinski definition) is 4. The zero-order chi connectivity index (χ0) is 6.10. The summed E-state index contributed by atoms with van der Waals surface area (Å²) in [6.45, 7) is 0. The van der Waals surface area contributed by atoms with Crippen LogP contribution in [0.3, 0.4) is 0 Å². The third kappa shape index (κ3) is 2.87. The summed E-state index contributed by atoms with van der Waals surface area (Å²) in [7, 11) is 0. The SMILES string of the molecule is C(SC1CS1)SC1CS1. The molecule has 0 bridgehead atoms. The van der Waals surface area contributed by atoms with Crippen molar-refractivity contribution in [2.45, 2.75) is 9.16 Å². The van der Waals surface area contributed by atoms with Crippen LogP contribution in [0.5, 0.6) is 0 Å². The molecular formula is C5H8S4. The third-order valence-electron chi connectivity index (χ3n) is 1.11. The van der Waals surface area contributed by atoms with E-state index in [-0.39, 0.29) is 0 Å². The summed E-state index contributed by atoms with van der Waals surface area (Å²) in [4.78, 5) is 0. The van der Waals surface area contributed by atoms with E-state index in [2.05, 4.69) is 47.0 Å². The maximum absolute atomic E-state index is 2.12. The van der Waals surface area contributed by atoms with Crippen LogP contribution >= 0.6 is 47.0 Å². The fourth-order valence-electron chi connectivity index (χ4n) is 0.462. The molecule has 2 unspecified atom stereocenters. The molecule has 2 fully saturated rings. The quantitative estimate of drug-likeness (QED) is 0.500. The first kappa shape index (κ1) is 7.07. The lowest BCUT2D eigenvalue weighted by Gasteiger charge is -1.93. The molecule has 0 aliphatic carbocycles. The molecule has 0 aromatic rings. The second-order valence-corrected chi connectivity index (χ2v) is 7.79. The summed E-state index contributed by atoms with van der Waals surface area (Å²) >= 11 is 8.41. The highest BCUT2D eigenvalue weighted by Gasteiger charge is 2.26. The van der Waals surface area contributed by atoms with Gasteiger partial charge in [-0.3, -0.25) is 0 Å². The van der Waals surface area contributed by atoms with Gasteiger partial charge in [0.15, 0.2) is 0 Å². The Labute approximate surface area is 72.7 Å². The van der Waals surface area contributed by atoms with Crippen molar-refractivity contribution in [2.75, 3.05) is 16.6 Å². The van der Waals surface area contributed by atoms with E-state index < -0.39 is 0 Å². The van der Waals surface area contributed by atoms with Crippen molar-refractivity contribution in [3.05, 3.63) is 0 Å². The minimum atomic E-state index is 0.973. The largest absolute Gasteiger partial charge is 0.145 e. The van der Waals surface area contributed by atoms with Crippen LogP contribution in [0.15, 0.2) is 0 Å². The molecule has 0 N–H and O–H groups in total. The van der Waals surface area contributed by atoms with Gasteiger partial charge in [0.2, 0.25) is 0 Å². The molecule has 0 saturated carbocycles. The highest BCUT2D eigenvalue weighted by Crippen LogP contribution is 2.46. The molecular weight excluding hydrogens is 188 g/mol. The van der Waals surface area contributed by atoms with Crippen LogP contribution in [0, 0.1) is 0 Å². The molecule has 2 heterocycles. The van der Waals surface area contributed by atoms with E-state index >= 15 is 0 Å². The smallest absolute Gasteiger partial charge is 0.0602 e. The van der Waals surface area contributed by atoms with Crippen molar-refractivity contribution in [2.24, 2.45) is 0 Å². The summed E-state index contributed by atoms with van der Waals surface area (Å²) in [6.07, 6.45) is 0. The van der Waals surface area contributed by atoms with Gasteiger partial charge in [0.25, 0.3) is 0 Å². The van der Waals surface area contributed by atoms with Gasteiger partial charge < -0.3 is 0 Å². The molecule has 2 rings (SSSR count). The maximum atomic E-state index is 2.12. The molecule has 52 valence electrons. The van der Waals surface area contributed by atoms with Crippen LogP contribution in [0.25, 0.3) is 0 Å². The van der Waals surface area contributed by atoms with Crippen LogP contribution in [0.2, 0.25) is 0 Å². The second kappa shape index (κ2) is 3.20. The molecule has 2 aliphatic heterocycles. The van der Waals surface area contributed by atoms with E-state index in [1.54, 1.807) is 0 Å². The number of thioether (sulfide) groups is 4. The Bertz CT molecular complexity index is 85.1. The zero-order valence-corrected chi connectivity index (χ0v) is 8.18. The lowest BCUT2D eigenvalue weighted by atomic mass is 11.0. The Balaban J connectivity index is 1.46. The predicted octanol–water partition coefficient (Wildman–Crippen LogP) is 2.56. The lowest BCUT2D eigenvalue weighted by molar-refractivity contribution is 1.61. The van der Waals surface area contributed by atoms with E-state index in [0.717, 1.165) is 9.16 Å². The molecule has 0 aromatic heterocycles. The van der Waals surface area contributed by atoms with Gasteiger partial charge in [0.1, 0.15) is 0 Å². The van der Waals surface area contributed by atoms with Crippen LogP contribution in [0.1, 0.15) is 0 Å². The normalized spacial score (nSPS) is 38.7. The number of hydrogen-bond donors (Lipinski definition) is 0. The Morgan fingerprint density at radius 3 is 1.89 bits per heavy atom. The summed E-state index contributed by atoms with van der Waals surface area (Å²) in [5.41, 5.74) is 0. The van der Waals surface area contributed by atoms with Crippen LogP contribution in [0.4, 0.5) is 0 Å². The highest BCUT2D eigenvalue weighted by molar-refractivity contribution is 8.31. The molecule has 4 heteroatoms. The van der Waals surface area contributed by atoms with Crippen molar-refractivity contribution >= 4 is 47.0 Å². The molecule has 0 aromatic carbocycles. The molecule has 0 radical (unpaired) electrons. The monoisotopic (exact) mass is 196 g/mol. The summed E-state index contributed by atoms with van der Waals surface area (Å²) in [5, 5.41) is 1.33. The molecule has 0 nitrogen and oxygen atoms in total. The van der Waals surface area contributed by atoms with Gasteiger partial charge >= 0.3 is 0 Å². The van der Waals surface area contributed by atoms with E-state index in [1.165, 1.54) is 16.6 Å². The van der Waals surface area contributed by atoms with Gasteiger partial charge in [0.05, 0.1) is 9.16 Å². The number of rotatable bonds is 4. The van der Waals surface area contributed by atoms with Crippen LogP contribution in [-0.2, 0) is 0 Å². The molecule has 0 amide bonds. The Kier molecular flexibility index (Phi) is 2.51. The second-order valence-electron chi connectivity index (χ2n) is 1.98. The molecule has 2 saturated heterocycles. The fourth-order valence-corrected chi connectivity index (χ4v) is 5.16. The minimum absolute atomic E-state index is 0.973. The fraction of sp³-hybridized carbons (Fsp3) is 1.00. The van der Waals surface area contributed by atoms with Crippen molar-refractivity contribution in [1.82, 2.24) is 0 Å². The minimum Gasteiger partial charge on any atom is -0.145 e. The van der Waals surface area contributed by atoms with Gasteiger partial charge in [-0.2, -0.15) is 0 Å². The van der Waals surface area contributed by atoms with Gasteiger partial charge in [-0.25, -0.2) is 0 Å². The van der Waals surface area contributed by atoms with Crippen LogP contribution in [-0.4, -0.2) is 25.8 Å². The average Bonchev–Trinajstić information content (AvgIpc) is 2.57. The van der Waals surface area contributed by atoms with Crippen molar-refractivity contribution in [3.8, 4) is 0 Å². The van der Waals surface area contributed by atoms with Crippen molar-refractivity contribution in [3.63, 3.8) is 0 Å². The van der Waals surface area contributed by atoms with Gasteiger partial charge in [-0.1, -0.05) is 0 Å². The Morgan fingerprint density at radius 2 is 1.56 bits per heavy atom. The van der Waals surface area contributed by atoms with Gasteiger partial charge in [0, 0.05) is 16.6 Å². The molecule has 0 spiro atoms. The molecule has 2 aliphatic rings.